The first-order valence-corrected chi connectivity index (χ1v) is 7.79. The summed E-state index contributed by atoms with van der Waals surface area (Å²) in [6, 6.07) is 0. The number of hydrogen-bond donors (Lipinski definition) is 0. The van der Waals surface area contributed by atoms with Crippen molar-refractivity contribution in [2.24, 2.45) is 0 Å². The van der Waals surface area contributed by atoms with Crippen LogP contribution in [0.3, 0.4) is 0 Å². The SMILES string of the molecule is C=C=[N-].[Zn+][Br]. The summed E-state index contributed by atoms with van der Waals surface area (Å²) in [6.07, 6.45) is 0. The second-order valence-corrected chi connectivity index (χ2v) is 0.158. The van der Waals surface area contributed by atoms with Gasteiger partial charge >= 0.3 is 30.0 Å². The van der Waals surface area contributed by atoms with E-state index < -0.39 is 0 Å². The molecule has 5 heavy (non-hydrogen) atoms. The Morgan fingerprint density at radius 1 is 1.80 bits per heavy atom. The molecule has 0 saturated heterocycles. The summed E-state index contributed by atoms with van der Waals surface area (Å²) in [4.78, 5) is 0. The third kappa shape index (κ3) is 96.9. The Hall–Kier alpha value is 0.553. The van der Waals surface area contributed by atoms with Crippen molar-refractivity contribution < 1.29 is 16.3 Å². The molecule has 0 aliphatic heterocycles. The second kappa shape index (κ2) is 23.8. The van der Waals surface area contributed by atoms with Gasteiger partial charge in [-0.2, -0.15) is 0 Å². The first-order valence-electron chi connectivity index (χ1n) is 0.844. The van der Waals surface area contributed by atoms with Crippen LogP contribution in [0, 0.1) is 0 Å². The molecule has 0 radical (unpaired) electrons. The fourth-order valence-corrected chi connectivity index (χ4v) is 0. The molecule has 0 amide bonds. The zero-order chi connectivity index (χ0) is 4.71. The van der Waals surface area contributed by atoms with Gasteiger partial charge in [0.1, 0.15) is 0 Å². The molecular formula is C2H2BrNZn. The van der Waals surface area contributed by atoms with Crippen LogP contribution < -0.4 is 0 Å². The molecule has 1 nitrogen and oxygen atoms in total. The van der Waals surface area contributed by atoms with Gasteiger partial charge in [0.25, 0.3) is 0 Å². The van der Waals surface area contributed by atoms with Crippen molar-refractivity contribution in [3.05, 3.63) is 12.0 Å². The Labute approximate surface area is 48.0 Å². The van der Waals surface area contributed by atoms with Gasteiger partial charge in [-0.25, -0.2) is 0 Å². The zero-order valence-electron chi connectivity index (χ0n) is 2.74. The van der Waals surface area contributed by atoms with E-state index in [0.29, 0.717) is 0 Å². The van der Waals surface area contributed by atoms with Crippen molar-refractivity contribution in [1.82, 2.24) is 0 Å². The molecule has 24 valence electrons. The summed E-state index contributed by atoms with van der Waals surface area (Å²) < 4.78 is 0. The molecule has 0 aromatic rings. The zero-order valence-corrected chi connectivity index (χ0v) is 7.29. The number of halogens is 1. The molecule has 0 spiro atoms. The Kier molecular flexibility index (Phi) is 43.5. The van der Waals surface area contributed by atoms with Gasteiger partial charge in [0.15, 0.2) is 0 Å². The van der Waals surface area contributed by atoms with Gasteiger partial charge in [0.2, 0.25) is 0 Å². The van der Waals surface area contributed by atoms with Crippen molar-refractivity contribution in [2.75, 3.05) is 0 Å². The molecule has 0 aliphatic rings. The number of nitrogens with zero attached hydrogens (tertiary/aromatic N) is 1. The summed E-state index contributed by atoms with van der Waals surface area (Å²) in [6.45, 7) is 2.79. The maximum absolute atomic E-state index is 7.21. The maximum atomic E-state index is 7.21. The normalized spacial score (nSPS) is 3.00. The topological polar surface area (TPSA) is 22.3 Å². The molecule has 0 bridgehead atoms. The molecule has 0 saturated carbocycles. The Balaban J connectivity index is 0. The summed E-state index contributed by atoms with van der Waals surface area (Å²) in [5.74, 6) is 1.50. The van der Waals surface area contributed by atoms with Gasteiger partial charge in [-0.15, -0.1) is 0 Å². The molecule has 0 N–H and O–H groups in total. The second-order valence-electron chi connectivity index (χ2n) is 0.158. The van der Waals surface area contributed by atoms with Gasteiger partial charge < -0.3 is 5.41 Å². The average Bonchev–Trinajstić information content (AvgIpc) is 1.46. The molecular weight excluding hydrogens is 183 g/mol. The molecule has 3 heteroatoms. The third-order valence-corrected chi connectivity index (χ3v) is 0. The Bertz CT molecular complexity index is 30.6. The van der Waals surface area contributed by atoms with E-state index in [0.717, 1.165) is 0 Å². The van der Waals surface area contributed by atoms with E-state index in [1.54, 1.807) is 0 Å². The van der Waals surface area contributed by atoms with Gasteiger partial charge in [0.05, 0.1) is 0 Å². The van der Waals surface area contributed by atoms with Crippen molar-refractivity contribution >= 4 is 19.5 Å². The molecule has 0 fully saturated rings. The minimum atomic E-state index is 1.19. The van der Waals surface area contributed by atoms with Crippen LogP contribution in [-0.2, 0) is 16.3 Å². The van der Waals surface area contributed by atoms with Crippen LogP contribution in [-0.4, -0.2) is 5.87 Å². The van der Waals surface area contributed by atoms with Gasteiger partial charge in [0, 0.05) is 0 Å². The average molecular weight is 185 g/mol. The Morgan fingerprint density at radius 2 is 1.80 bits per heavy atom. The van der Waals surface area contributed by atoms with E-state index in [1.165, 1.54) is 22.2 Å². The van der Waals surface area contributed by atoms with Crippen molar-refractivity contribution in [3.8, 4) is 0 Å². The first-order chi connectivity index (χ1) is 2.41. The quantitative estimate of drug-likeness (QED) is 0.400. The summed E-state index contributed by atoms with van der Waals surface area (Å²) >= 11 is 4.25. The van der Waals surface area contributed by atoms with Gasteiger partial charge in [-0.1, -0.05) is 6.58 Å². The van der Waals surface area contributed by atoms with Crippen LogP contribution >= 0.6 is 13.6 Å². The number of hydrogen-bond acceptors (Lipinski definition) is 0. The first kappa shape index (κ1) is 9.12. The van der Waals surface area contributed by atoms with Crippen LogP contribution in [0.15, 0.2) is 6.58 Å². The van der Waals surface area contributed by atoms with Gasteiger partial charge in [-0.05, 0) is 0 Å². The predicted octanol–water partition coefficient (Wildman–Crippen LogP) is 1.25. The van der Waals surface area contributed by atoms with Crippen LogP contribution in [0.5, 0.6) is 0 Å². The summed E-state index contributed by atoms with van der Waals surface area (Å²) in [7, 11) is 0. The van der Waals surface area contributed by atoms with Crippen LogP contribution in [0.1, 0.15) is 0 Å². The van der Waals surface area contributed by atoms with E-state index >= 15 is 0 Å². The van der Waals surface area contributed by atoms with Crippen LogP contribution in [0.4, 0.5) is 0 Å². The van der Waals surface area contributed by atoms with E-state index in [9.17, 15) is 0 Å². The Morgan fingerprint density at radius 3 is 1.80 bits per heavy atom. The summed E-state index contributed by atoms with van der Waals surface area (Å²) in [5.41, 5.74) is 0. The molecule has 0 unspecified atom stereocenters. The monoisotopic (exact) mass is 183 g/mol. The van der Waals surface area contributed by atoms with Crippen molar-refractivity contribution in [1.29, 1.82) is 0 Å². The molecule has 0 aliphatic carbocycles. The molecule has 0 rings (SSSR count). The van der Waals surface area contributed by atoms with E-state index in [-0.39, 0.29) is 0 Å². The molecule has 0 atom stereocenters. The van der Waals surface area contributed by atoms with Crippen molar-refractivity contribution in [3.63, 3.8) is 0 Å². The minimum absolute atomic E-state index is 1.19. The van der Waals surface area contributed by atoms with Crippen LogP contribution in [0.2, 0.25) is 0 Å². The fourth-order valence-electron chi connectivity index (χ4n) is 0. The number of rotatable bonds is 0. The summed E-state index contributed by atoms with van der Waals surface area (Å²) in [5, 5.41) is 7.21. The molecule has 0 heterocycles. The van der Waals surface area contributed by atoms with Crippen molar-refractivity contribution in [2.45, 2.75) is 0 Å². The van der Waals surface area contributed by atoms with Gasteiger partial charge in [-0.3, -0.25) is 5.87 Å². The van der Waals surface area contributed by atoms with Crippen LogP contribution in [0.25, 0.3) is 5.41 Å². The van der Waals surface area contributed by atoms with E-state index in [2.05, 4.69) is 20.2 Å². The van der Waals surface area contributed by atoms with E-state index in [1.807, 2.05) is 0 Å². The standard InChI is InChI=1S/C2H2N.BrH.Zn/c1-2-3;;/h1H2;1H;/q-1;;+2/p-1. The predicted molar refractivity (Wildman–Crippen MR) is 22.9 cm³/mol. The molecule has 0 aromatic heterocycles. The van der Waals surface area contributed by atoms with E-state index in [4.69, 9.17) is 5.41 Å². The fraction of sp³-hybridized carbons (Fsp3) is 0. The third-order valence-electron chi connectivity index (χ3n) is 0. The molecule has 0 aromatic carbocycles.